The first-order chi connectivity index (χ1) is 19.2. The van der Waals surface area contributed by atoms with Gasteiger partial charge in [0, 0.05) is 43.1 Å². The van der Waals surface area contributed by atoms with E-state index in [1.807, 2.05) is 0 Å². The predicted molar refractivity (Wildman–Crippen MR) is 164 cm³/mol. The summed E-state index contributed by atoms with van der Waals surface area (Å²) in [5.41, 5.74) is 0. The van der Waals surface area contributed by atoms with E-state index in [-0.39, 0.29) is 0 Å². The van der Waals surface area contributed by atoms with E-state index in [0.29, 0.717) is 52.9 Å². The fourth-order valence-electron chi connectivity index (χ4n) is 3.42. The SMILES string of the molecule is COCCOCCOc1c(C)sc2cc(C)sc12.COCCOCCOc1c(C)sc2cc(C)sc12.O=S(=O)=O. The molecule has 0 atom stereocenters. The van der Waals surface area contributed by atoms with Crippen LogP contribution < -0.4 is 9.47 Å². The van der Waals surface area contributed by atoms with Gasteiger partial charge in [-0.3, -0.25) is 0 Å². The van der Waals surface area contributed by atoms with Crippen LogP contribution in [0.3, 0.4) is 0 Å². The maximum Gasteiger partial charge on any atom is 0.425 e. The molecular formula is C26H36O9S5. The molecule has 4 rings (SSSR count). The fourth-order valence-corrected chi connectivity index (χ4v) is 8.13. The summed E-state index contributed by atoms with van der Waals surface area (Å²) in [6.07, 6.45) is 0. The molecule has 0 aliphatic heterocycles. The van der Waals surface area contributed by atoms with Crippen molar-refractivity contribution < 1.29 is 41.0 Å². The molecule has 0 saturated carbocycles. The van der Waals surface area contributed by atoms with E-state index in [2.05, 4.69) is 39.8 Å². The molecule has 224 valence electrons. The molecule has 4 heterocycles. The van der Waals surface area contributed by atoms with Crippen molar-refractivity contribution in [3.63, 3.8) is 0 Å². The van der Waals surface area contributed by atoms with Gasteiger partial charge in [-0.25, -0.2) is 0 Å². The second kappa shape index (κ2) is 18.7. The lowest BCUT2D eigenvalue weighted by Gasteiger charge is -2.06. The number of thiophene rings is 4. The Bertz CT molecular complexity index is 1300. The first-order valence-corrected chi connectivity index (χ1v) is 16.6. The van der Waals surface area contributed by atoms with Gasteiger partial charge in [-0.1, -0.05) is 0 Å². The average molecular weight is 653 g/mol. The van der Waals surface area contributed by atoms with Crippen molar-refractivity contribution in [1.82, 2.24) is 0 Å². The van der Waals surface area contributed by atoms with Crippen molar-refractivity contribution in [2.24, 2.45) is 0 Å². The minimum absolute atomic E-state index is 0.591. The van der Waals surface area contributed by atoms with Gasteiger partial charge in [-0.15, -0.1) is 58.0 Å². The number of hydrogen-bond donors (Lipinski definition) is 0. The number of fused-ring (bicyclic) bond motifs is 2. The van der Waals surface area contributed by atoms with Crippen molar-refractivity contribution >= 4 is 74.8 Å². The van der Waals surface area contributed by atoms with Crippen LogP contribution in [0.5, 0.6) is 11.5 Å². The third kappa shape index (κ3) is 11.7. The smallest absolute Gasteiger partial charge is 0.425 e. The lowest BCUT2D eigenvalue weighted by atomic mass is 10.4. The third-order valence-corrected chi connectivity index (χ3v) is 9.46. The Hall–Kier alpha value is -1.62. The Balaban J connectivity index is 0.000000247. The molecule has 0 aliphatic carbocycles. The van der Waals surface area contributed by atoms with Gasteiger partial charge in [-0.2, -0.15) is 0 Å². The summed E-state index contributed by atoms with van der Waals surface area (Å²) in [6.45, 7) is 13.4. The van der Waals surface area contributed by atoms with E-state index in [1.165, 1.54) is 38.3 Å². The molecule has 14 heteroatoms. The van der Waals surface area contributed by atoms with Crippen molar-refractivity contribution in [1.29, 1.82) is 0 Å². The van der Waals surface area contributed by atoms with Gasteiger partial charge in [0.05, 0.1) is 49.0 Å². The van der Waals surface area contributed by atoms with E-state index < -0.39 is 10.6 Å². The molecule has 9 nitrogen and oxygen atoms in total. The summed E-state index contributed by atoms with van der Waals surface area (Å²) in [6, 6.07) is 4.44. The molecule has 0 fully saturated rings. The van der Waals surface area contributed by atoms with Crippen molar-refractivity contribution in [3.05, 3.63) is 31.6 Å². The van der Waals surface area contributed by atoms with Crippen molar-refractivity contribution in [3.8, 4) is 11.5 Å². The van der Waals surface area contributed by atoms with E-state index in [4.69, 9.17) is 41.0 Å². The molecule has 0 saturated heterocycles. The molecule has 40 heavy (non-hydrogen) atoms. The Morgan fingerprint density at radius 2 is 0.925 bits per heavy atom. The lowest BCUT2D eigenvalue weighted by molar-refractivity contribution is 0.0546. The minimum atomic E-state index is -3.11. The molecule has 0 spiro atoms. The highest BCUT2D eigenvalue weighted by Crippen LogP contribution is 2.43. The summed E-state index contributed by atoms with van der Waals surface area (Å²) in [7, 11) is 0.231. The molecule has 0 unspecified atom stereocenters. The van der Waals surface area contributed by atoms with Crippen LogP contribution in [0.2, 0.25) is 0 Å². The number of hydrogen-bond acceptors (Lipinski definition) is 13. The summed E-state index contributed by atoms with van der Waals surface area (Å²) in [5, 5.41) is 0. The normalized spacial score (nSPS) is 10.8. The molecule has 0 N–H and O–H groups in total. The molecule has 0 radical (unpaired) electrons. The molecular weight excluding hydrogens is 617 g/mol. The zero-order valence-corrected chi connectivity index (χ0v) is 27.6. The van der Waals surface area contributed by atoms with Gasteiger partial charge in [0.25, 0.3) is 0 Å². The van der Waals surface area contributed by atoms with Gasteiger partial charge in [0.2, 0.25) is 0 Å². The maximum atomic E-state index is 8.44. The topological polar surface area (TPSA) is 107 Å². The van der Waals surface area contributed by atoms with Crippen LogP contribution in [0.4, 0.5) is 0 Å². The van der Waals surface area contributed by atoms with E-state index in [0.717, 1.165) is 11.5 Å². The summed E-state index contributed by atoms with van der Waals surface area (Å²) in [4.78, 5) is 5.15. The lowest BCUT2D eigenvalue weighted by Crippen LogP contribution is -2.10. The monoisotopic (exact) mass is 652 g/mol. The first-order valence-electron chi connectivity index (χ1n) is 12.3. The third-order valence-electron chi connectivity index (χ3n) is 5.03. The van der Waals surface area contributed by atoms with E-state index >= 15 is 0 Å². The Kier molecular flexibility index (Phi) is 16.2. The van der Waals surface area contributed by atoms with Gasteiger partial charge in [0.15, 0.2) is 11.5 Å². The van der Waals surface area contributed by atoms with Crippen molar-refractivity contribution in [2.75, 3.05) is 67.1 Å². The van der Waals surface area contributed by atoms with Crippen LogP contribution >= 0.6 is 45.3 Å². The van der Waals surface area contributed by atoms with Crippen LogP contribution in [0.1, 0.15) is 19.5 Å². The number of methoxy groups -OCH3 is 2. The first kappa shape index (κ1) is 34.6. The second-order valence-corrected chi connectivity index (χ2v) is 13.6. The Labute approximate surface area is 252 Å². The van der Waals surface area contributed by atoms with Crippen LogP contribution in [-0.4, -0.2) is 79.7 Å². The molecule has 0 bridgehead atoms. The summed E-state index contributed by atoms with van der Waals surface area (Å²) >= 11 is 7.18. The average Bonchev–Trinajstić information content (AvgIpc) is 3.58. The highest BCUT2D eigenvalue weighted by molar-refractivity contribution is 7.59. The van der Waals surface area contributed by atoms with Crippen LogP contribution in [-0.2, 0) is 29.6 Å². The van der Waals surface area contributed by atoms with Crippen molar-refractivity contribution in [2.45, 2.75) is 27.7 Å². The zero-order chi connectivity index (χ0) is 29.5. The van der Waals surface area contributed by atoms with E-state index in [1.54, 1.807) is 59.6 Å². The highest BCUT2D eigenvalue weighted by atomic mass is 32.2. The van der Waals surface area contributed by atoms with Gasteiger partial charge in [-0.05, 0) is 39.8 Å². The maximum absolute atomic E-state index is 8.44. The van der Waals surface area contributed by atoms with Crippen LogP contribution in [0.15, 0.2) is 12.1 Å². The number of rotatable bonds is 14. The predicted octanol–water partition coefficient (Wildman–Crippen LogP) is 6.24. The second-order valence-electron chi connectivity index (χ2n) is 8.19. The largest absolute Gasteiger partial charge is 0.489 e. The minimum Gasteiger partial charge on any atom is -0.489 e. The molecule has 4 aromatic rings. The van der Waals surface area contributed by atoms with E-state index in [9.17, 15) is 0 Å². The summed E-state index contributed by atoms with van der Waals surface area (Å²) < 4.78 is 62.8. The Morgan fingerprint density at radius 1 is 0.575 bits per heavy atom. The van der Waals surface area contributed by atoms with Gasteiger partial charge in [0.1, 0.15) is 13.2 Å². The number of ether oxygens (including phenoxy) is 6. The highest BCUT2D eigenvalue weighted by Gasteiger charge is 2.14. The van der Waals surface area contributed by atoms with Gasteiger partial charge >= 0.3 is 10.6 Å². The summed E-state index contributed by atoms with van der Waals surface area (Å²) in [5.74, 6) is 2.06. The molecule has 0 aromatic carbocycles. The van der Waals surface area contributed by atoms with Crippen LogP contribution in [0.25, 0.3) is 18.8 Å². The molecule has 4 aromatic heterocycles. The quantitative estimate of drug-likeness (QED) is 0.146. The molecule has 0 aliphatic rings. The van der Waals surface area contributed by atoms with Gasteiger partial charge < -0.3 is 28.4 Å². The standard InChI is InChI=1S/2C13H18O3S2.O3S/c2*1-9-8-11-13(17-9)12(10(2)18-11)16-7-6-15-5-4-14-3;1-4(2)3/h2*8H,4-7H2,1-3H3;. The number of aryl methyl sites for hydroxylation is 4. The molecule has 0 amide bonds. The fraction of sp³-hybridized carbons (Fsp3) is 0.538. The van der Waals surface area contributed by atoms with Crippen LogP contribution in [0, 0.1) is 27.7 Å². The Morgan fingerprint density at radius 3 is 1.27 bits per heavy atom. The zero-order valence-electron chi connectivity index (χ0n) is 23.5.